The summed E-state index contributed by atoms with van der Waals surface area (Å²) in [5.74, 6) is 0. The highest BCUT2D eigenvalue weighted by Crippen LogP contribution is 2.70. The summed E-state index contributed by atoms with van der Waals surface area (Å²) in [6, 6.07) is 21.7. The Hall–Kier alpha value is -1.43. The topological polar surface area (TPSA) is 0 Å². The summed E-state index contributed by atoms with van der Waals surface area (Å²) in [5.41, 5.74) is 18.5. The molecule has 0 saturated heterocycles. The molecule has 7 rings (SSSR count). The van der Waals surface area contributed by atoms with E-state index in [4.69, 9.17) is 0 Å². The Morgan fingerprint density at radius 1 is 0.476 bits per heavy atom. The maximum absolute atomic E-state index is 3.89. The molecule has 0 heterocycles. The summed E-state index contributed by atoms with van der Waals surface area (Å²) in [6.45, 7) is 14.6. The number of hydrogen-bond acceptors (Lipinski definition) is 0. The van der Waals surface area contributed by atoms with Gasteiger partial charge in [-0.05, 0) is 164 Å². The molecule has 0 fully saturated rings. The normalized spacial score (nSPS) is 17.4. The third kappa shape index (κ3) is 3.35. The van der Waals surface area contributed by atoms with E-state index in [1.54, 1.807) is 38.9 Å². The molecule has 216 valence electrons. The van der Waals surface area contributed by atoms with Gasteiger partial charge in [0.05, 0.1) is 0 Å². The maximum Gasteiger partial charge on any atom is 0.0216 e. The van der Waals surface area contributed by atoms with Crippen LogP contribution in [0, 0.1) is 3.57 Å². The standard InChI is InChI=1S/C39H39Br2I/c1-7-37(8-2)29-20-23(41)14-17-26(29)32-34(37)31-25-16-13-22(40)19-28(25)38(9-3,10-4)35(31)33-27-18-15-24(42)21-30(27)39(11-5,12-6)36(32)33/h13-21H,7-12H2,1-6H3. The molecule has 3 heteroatoms. The first kappa shape index (κ1) is 29.3. The minimum Gasteiger partial charge on any atom is -0.0642 e. The summed E-state index contributed by atoms with van der Waals surface area (Å²) >= 11 is 10.3. The molecule has 0 N–H and O–H groups in total. The molecule has 42 heavy (non-hydrogen) atoms. The molecule has 4 aromatic carbocycles. The molecule has 0 spiro atoms. The lowest BCUT2D eigenvalue weighted by Gasteiger charge is -2.37. The van der Waals surface area contributed by atoms with Gasteiger partial charge >= 0.3 is 0 Å². The lowest BCUT2D eigenvalue weighted by atomic mass is 9.65. The lowest BCUT2D eigenvalue weighted by molar-refractivity contribution is 0.473. The molecule has 4 aromatic rings. The highest BCUT2D eigenvalue weighted by molar-refractivity contribution is 14.1. The Labute approximate surface area is 282 Å². The Morgan fingerprint density at radius 3 is 1.12 bits per heavy atom. The number of fused-ring (bicyclic) bond motifs is 12. The molecular weight excluding hydrogens is 755 g/mol. The first-order chi connectivity index (χ1) is 20.2. The molecule has 0 radical (unpaired) electrons. The van der Waals surface area contributed by atoms with E-state index in [1.807, 2.05) is 0 Å². The molecule has 0 amide bonds. The molecule has 0 atom stereocenters. The van der Waals surface area contributed by atoms with Crippen molar-refractivity contribution < 1.29 is 0 Å². The van der Waals surface area contributed by atoms with Gasteiger partial charge in [-0.25, -0.2) is 0 Å². The van der Waals surface area contributed by atoms with E-state index in [-0.39, 0.29) is 16.2 Å². The Morgan fingerprint density at radius 2 is 0.786 bits per heavy atom. The molecule has 3 aliphatic rings. The highest BCUT2D eigenvalue weighted by atomic mass is 127. The molecule has 0 nitrogen and oxygen atoms in total. The second kappa shape index (κ2) is 10.0. The van der Waals surface area contributed by atoms with Gasteiger partial charge in [0.25, 0.3) is 0 Å². The van der Waals surface area contributed by atoms with Crippen LogP contribution in [0.25, 0.3) is 33.4 Å². The molecule has 0 saturated carbocycles. The monoisotopic (exact) mass is 792 g/mol. The van der Waals surface area contributed by atoms with Crippen LogP contribution in [0.1, 0.15) is 113 Å². The average molecular weight is 794 g/mol. The van der Waals surface area contributed by atoms with Gasteiger partial charge in [-0.3, -0.25) is 0 Å². The summed E-state index contributed by atoms with van der Waals surface area (Å²) in [7, 11) is 0. The molecule has 3 aliphatic carbocycles. The van der Waals surface area contributed by atoms with Crippen LogP contribution >= 0.6 is 54.5 Å². The maximum atomic E-state index is 3.89. The van der Waals surface area contributed by atoms with Crippen LogP contribution in [-0.4, -0.2) is 0 Å². The van der Waals surface area contributed by atoms with Crippen molar-refractivity contribution in [3.05, 3.63) is 100 Å². The average Bonchev–Trinajstić information content (AvgIpc) is 3.56. The molecular formula is C39H39Br2I. The van der Waals surface area contributed by atoms with E-state index in [9.17, 15) is 0 Å². The van der Waals surface area contributed by atoms with Crippen molar-refractivity contribution in [3.63, 3.8) is 0 Å². The van der Waals surface area contributed by atoms with E-state index in [0.29, 0.717) is 0 Å². The van der Waals surface area contributed by atoms with Crippen molar-refractivity contribution in [2.75, 3.05) is 0 Å². The largest absolute Gasteiger partial charge is 0.0642 e. The fraction of sp³-hybridized carbons (Fsp3) is 0.385. The van der Waals surface area contributed by atoms with Crippen molar-refractivity contribution in [3.8, 4) is 33.4 Å². The van der Waals surface area contributed by atoms with E-state index in [2.05, 4.69) is 151 Å². The van der Waals surface area contributed by atoms with Crippen LogP contribution in [0.4, 0.5) is 0 Å². The fourth-order valence-corrected chi connectivity index (χ4v) is 11.0. The van der Waals surface area contributed by atoms with Gasteiger partial charge in [0.2, 0.25) is 0 Å². The predicted molar refractivity (Wildman–Crippen MR) is 195 cm³/mol. The summed E-state index contributed by atoms with van der Waals surface area (Å²) in [4.78, 5) is 0. The third-order valence-corrected chi connectivity index (χ3v) is 13.5. The minimum atomic E-state index is -0.0219. The van der Waals surface area contributed by atoms with Gasteiger partial charge in [-0.1, -0.05) is 91.6 Å². The van der Waals surface area contributed by atoms with Crippen LogP contribution in [0.3, 0.4) is 0 Å². The second-order valence-electron chi connectivity index (χ2n) is 12.7. The minimum absolute atomic E-state index is 0.00452. The zero-order valence-electron chi connectivity index (χ0n) is 25.6. The van der Waals surface area contributed by atoms with Gasteiger partial charge in [0, 0.05) is 28.8 Å². The first-order valence-corrected chi connectivity index (χ1v) is 18.6. The Bertz CT molecular complexity index is 1550. The Kier molecular flexibility index (Phi) is 7.00. The molecule has 0 aliphatic heterocycles. The van der Waals surface area contributed by atoms with Crippen molar-refractivity contribution in [1.82, 2.24) is 0 Å². The number of hydrogen-bond donors (Lipinski definition) is 0. The number of rotatable bonds is 6. The molecule has 0 unspecified atom stereocenters. The predicted octanol–water partition coefficient (Wildman–Crippen LogP) is 13.1. The smallest absolute Gasteiger partial charge is 0.0216 e. The van der Waals surface area contributed by atoms with E-state index in [1.165, 1.54) is 40.3 Å². The molecule has 0 aromatic heterocycles. The zero-order valence-corrected chi connectivity index (χ0v) is 30.9. The van der Waals surface area contributed by atoms with Gasteiger partial charge < -0.3 is 0 Å². The van der Waals surface area contributed by atoms with E-state index < -0.39 is 0 Å². The first-order valence-electron chi connectivity index (χ1n) is 15.9. The zero-order chi connectivity index (χ0) is 29.8. The quantitative estimate of drug-likeness (QED) is 0.171. The van der Waals surface area contributed by atoms with Gasteiger partial charge in [0.15, 0.2) is 0 Å². The van der Waals surface area contributed by atoms with Gasteiger partial charge in [0.1, 0.15) is 0 Å². The second-order valence-corrected chi connectivity index (χ2v) is 15.8. The van der Waals surface area contributed by atoms with Crippen LogP contribution in [0.15, 0.2) is 63.5 Å². The summed E-state index contributed by atoms with van der Waals surface area (Å²) in [6.07, 6.45) is 6.60. The Balaban J connectivity index is 1.81. The van der Waals surface area contributed by atoms with Crippen LogP contribution < -0.4 is 0 Å². The van der Waals surface area contributed by atoms with Crippen molar-refractivity contribution >= 4 is 54.5 Å². The highest BCUT2D eigenvalue weighted by Gasteiger charge is 2.56. The van der Waals surface area contributed by atoms with E-state index in [0.717, 1.165) is 38.5 Å². The number of halogens is 3. The van der Waals surface area contributed by atoms with Crippen LogP contribution in [0.2, 0.25) is 0 Å². The summed E-state index contributed by atoms with van der Waals surface area (Å²) in [5, 5.41) is 0. The molecule has 0 bridgehead atoms. The van der Waals surface area contributed by atoms with E-state index >= 15 is 0 Å². The van der Waals surface area contributed by atoms with Crippen molar-refractivity contribution in [2.45, 2.75) is 96.3 Å². The van der Waals surface area contributed by atoms with Crippen LogP contribution in [-0.2, 0) is 16.2 Å². The SMILES string of the molecule is CCC1(CC)c2cc(Br)ccc2-c2c1c1c(c3c2C(CC)(CC)c2cc(I)ccc2-3)C(CC)(CC)c2cc(Br)ccc2-1. The summed E-state index contributed by atoms with van der Waals surface area (Å²) < 4.78 is 3.71. The number of benzene rings is 4. The van der Waals surface area contributed by atoms with Gasteiger partial charge in [-0.2, -0.15) is 0 Å². The van der Waals surface area contributed by atoms with Crippen molar-refractivity contribution in [1.29, 1.82) is 0 Å². The van der Waals surface area contributed by atoms with Gasteiger partial charge in [-0.15, -0.1) is 0 Å². The third-order valence-electron chi connectivity index (χ3n) is 11.9. The lowest BCUT2D eigenvalue weighted by Crippen LogP contribution is -2.29. The van der Waals surface area contributed by atoms with Crippen molar-refractivity contribution in [2.24, 2.45) is 0 Å². The fourth-order valence-electron chi connectivity index (χ4n) is 9.74. The van der Waals surface area contributed by atoms with Crippen LogP contribution in [0.5, 0.6) is 0 Å².